The van der Waals surface area contributed by atoms with Crippen molar-refractivity contribution >= 4 is 11.6 Å². The molecule has 2 aromatic carbocycles. The standard InChI is InChI=1S/C18H21NO4/c1-2-22-14-9-11-15(12-10-14)23-13-5-8-18(21)19-16-6-3-4-7-17(16)20/h3-4,6-7,9-12,20H,2,5,8,13H2,1H3,(H,19,21). The number of aromatic hydroxyl groups is 1. The summed E-state index contributed by atoms with van der Waals surface area (Å²) in [4.78, 5) is 11.8. The minimum absolute atomic E-state index is 0.0616. The molecule has 0 fully saturated rings. The van der Waals surface area contributed by atoms with Gasteiger partial charge in [-0.3, -0.25) is 4.79 Å². The summed E-state index contributed by atoms with van der Waals surface area (Å²) in [6.07, 6.45) is 0.915. The maximum Gasteiger partial charge on any atom is 0.224 e. The number of benzene rings is 2. The van der Waals surface area contributed by atoms with Crippen molar-refractivity contribution < 1.29 is 19.4 Å². The zero-order valence-corrected chi connectivity index (χ0v) is 13.1. The van der Waals surface area contributed by atoms with E-state index in [0.29, 0.717) is 31.7 Å². The molecule has 5 heteroatoms. The molecule has 2 N–H and O–H groups in total. The number of carbonyl (C=O) groups excluding carboxylic acids is 1. The fraction of sp³-hybridized carbons (Fsp3) is 0.278. The van der Waals surface area contributed by atoms with Crippen LogP contribution in [0.25, 0.3) is 0 Å². The van der Waals surface area contributed by atoms with Gasteiger partial charge in [-0.2, -0.15) is 0 Å². The van der Waals surface area contributed by atoms with Gasteiger partial charge in [0.05, 0.1) is 18.9 Å². The quantitative estimate of drug-likeness (QED) is 0.577. The first-order valence-corrected chi connectivity index (χ1v) is 7.62. The second-order valence-electron chi connectivity index (χ2n) is 4.92. The zero-order chi connectivity index (χ0) is 16.5. The zero-order valence-electron chi connectivity index (χ0n) is 13.1. The summed E-state index contributed by atoms with van der Waals surface area (Å²) in [5, 5.41) is 12.3. The van der Waals surface area contributed by atoms with Crippen LogP contribution in [-0.2, 0) is 4.79 Å². The molecule has 0 aromatic heterocycles. The Morgan fingerprint density at radius 2 is 1.70 bits per heavy atom. The second-order valence-corrected chi connectivity index (χ2v) is 4.92. The molecule has 0 spiro atoms. The normalized spacial score (nSPS) is 10.1. The number of amides is 1. The van der Waals surface area contributed by atoms with Crippen LogP contribution in [0.1, 0.15) is 19.8 Å². The lowest BCUT2D eigenvalue weighted by atomic mass is 10.2. The molecule has 0 radical (unpaired) electrons. The van der Waals surface area contributed by atoms with Crippen molar-refractivity contribution in [1.82, 2.24) is 0 Å². The second kappa shape index (κ2) is 8.68. The van der Waals surface area contributed by atoms with Gasteiger partial charge in [-0.25, -0.2) is 0 Å². The molecular formula is C18H21NO4. The number of anilines is 1. The van der Waals surface area contributed by atoms with Crippen molar-refractivity contribution in [3.63, 3.8) is 0 Å². The predicted molar refractivity (Wildman–Crippen MR) is 89.1 cm³/mol. The number of carbonyl (C=O) groups is 1. The van der Waals surface area contributed by atoms with E-state index in [4.69, 9.17) is 9.47 Å². The smallest absolute Gasteiger partial charge is 0.224 e. The molecule has 0 aliphatic heterocycles. The third-order valence-electron chi connectivity index (χ3n) is 3.13. The van der Waals surface area contributed by atoms with E-state index < -0.39 is 0 Å². The first-order valence-electron chi connectivity index (χ1n) is 7.62. The van der Waals surface area contributed by atoms with Gasteiger partial charge in [0.25, 0.3) is 0 Å². The number of ether oxygens (including phenoxy) is 2. The molecule has 0 saturated heterocycles. The summed E-state index contributed by atoms with van der Waals surface area (Å²) < 4.78 is 10.9. The van der Waals surface area contributed by atoms with E-state index in [1.165, 1.54) is 6.07 Å². The van der Waals surface area contributed by atoms with Crippen LogP contribution in [0.3, 0.4) is 0 Å². The van der Waals surface area contributed by atoms with Crippen molar-refractivity contribution in [3.05, 3.63) is 48.5 Å². The van der Waals surface area contributed by atoms with Gasteiger partial charge in [0.1, 0.15) is 17.2 Å². The van der Waals surface area contributed by atoms with Crippen molar-refractivity contribution in [3.8, 4) is 17.2 Å². The van der Waals surface area contributed by atoms with Crippen LogP contribution in [0.5, 0.6) is 17.2 Å². The molecule has 0 aliphatic carbocycles. The van der Waals surface area contributed by atoms with Gasteiger partial charge >= 0.3 is 0 Å². The highest BCUT2D eigenvalue weighted by Gasteiger charge is 2.05. The lowest BCUT2D eigenvalue weighted by Gasteiger charge is -2.09. The Balaban J connectivity index is 1.68. The number of para-hydroxylation sites is 2. The molecule has 23 heavy (non-hydrogen) atoms. The van der Waals surface area contributed by atoms with Crippen LogP contribution in [0.4, 0.5) is 5.69 Å². The fourth-order valence-corrected chi connectivity index (χ4v) is 2.01. The largest absolute Gasteiger partial charge is 0.506 e. The van der Waals surface area contributed by atoms with Gasteiger partial charge in [-0.05, 0) is 49.7 Å². The maximum atomic E-state index is 11.8. The van der Waals surface area contributed by atoms with E-state index in [1.54, 1.807) is 18.2 Å². The van der Waals surface area contributed by atoms with Gasteiger partial charge in [-0.15, -0.1) is 0 Å². The molecule has 122 valence electrons. The Labute approximate surface area is 135 Å². The van der Waals surface area contributed by atoms with Crippen molar-refractivity contribution in [2.75, 3.05) is 18.5 Å². The number of hydrogen-bond acceptors (Lipinski definition) is 4. The lowest BCUT2D eigenvalue weighted by Crippen LogP contribution is -2.12. The molecule has 0 unspecified atom stereocenters. The number of rotatable bonds is 8. The number of nitrogens with one attached hydrogen (secondary N) is 1. The van der Waals surface area contributed by atoms with Gasteiger partial charge < -0.3 is 19.9 Å². The third-order valence-corrected chi connectivity index (χ3v) is 3.13. The molecule has 0 bridgehead atoms. The molecule has 5 nitrogen and oxygen atoms in total. The summed E-state index contributed by atoms with van der Waals surface area (Å²) in [6, 6.07) is 14.0. The third kappa shape index (κ3) is 5.54. The van der Waals surface area contributed by atoms with E-state index in [-0.39, 0.29) is 11.7 Å². The minimum Gasteiger partial charge on any atom is -0.506 e. The molecule has 0 aliphatic rings. The first kappa shape index (κ1) is 16.7. The van der Waals surface area contributed by atoms with E-state index >= 15 is 0 Å². The van der Waals surface area contributed by atoms with Crippen LogP contribution < -0.4 is 14.8 Å². The van der Waals surface area contributed by atoms with Gasteiger partial charge in [-0.1, -0.05) is 12.1 Å². The monoisotopic (exact) mass is 315 g/mol. The summed E-state index contributed by atoms with van der Waals surface area (Å²) in [5.74, 6) is 1.46. The average Bonchev–Trinajstić information content (AvgIpc) is 2.55. The van der Waals surface area contributed by atoms with Crippen LogP contribution in [-0.4, -0.2) is 24.2 Å². The Hall–Kier alpha value is -2.69. The van der Waals surface area contributed by atoms with E-state index in [2.05, 4.69) is 5.32 Å². The molecule has 0 heterocycles. The van der Waals surface area contributed by atoms with E-state index in [9.17, 15) is 9.90 Å². The Morgan fingerprint density at radius 3 is 2.35 bits per heavy atom. The predicted octanol–water partition coefficient (Wildman–Crippen LogP) is 3.59. The number of phenols is 1. The van der Waals surface area contributed by atoms with Crippen molar-refractivity contribution in [1.29, 1.82) is 0 Å². The van der Waals surface area contributed by atoms with Crippen LogP contribution in [0, 0.1) is 0 Å². The van der Waals surface area contributed by atoms with Crippen LogP contribution in [0.2, 0.25) is 0 Å². The van der Waals surface area contributed by atoms with Crippen LogP contribution in [0.15, 0.2) is 48.5 Å². The fourth-order valence-electron chi connectivity index (χ4n) is 2.01. The molecule has 2 aromatic rings. The topological polar surface area (TPSA) is 67.8 Å². The number of hydrogen-bond donors (Lipinski definition) is 2. The Kier molecular flexibility index (Phi) is 6.29. The van der Waals surface area contributed by atoms with Gasteiger partial charge in [0.2, 0.25) is 5.91 Å². The lowest BCUT2D eigenvalue weighted by molar-refractivity contribution is -0.116. The summed E-state index contributed by atoms with van der Waals surface area (Å²) in [5.41, 5.74) is 0.421. The van der Waals surface area contributed by atoms with Crippen molar-refractivity contribution in [2.45, 2.75) is 19.8 Å². The highest BCUT2D eigenvalue weighted by molar-refractivity contribution is 5.92. The van der Waals surface area contributed by atoms with Gasteiger partial charge in [0.15, 0.2) is 0 Å². The molecule has 1 amide bonds. The Bertz CT molecular complexity index is 625. The average molecular weight is 315 g/mol. The first-order chi connectivity index (χ1) is 11.2. The Morgan fingerprint density at radius 1 is 1.04 bits per heavy atom. The molecule has 0 saturated carbocycles. The molecule has 0 atom stereocenters. The summed E-state index contributed by atoms with van der Waals surface area (Å²) in [6.45, 7) is 3.01. The van der Waals surface area contributed by atoms with Gasteiger partial charge in [0, 0.05) is 6.42 Å². The SMILES string of the molecule is CCOc1ccc(OCCCC(=O)Nc2ccccc2O)cc1. The highest BCUT2D eigenvalue weighted by atomic mass is 16.5. The van der Waals surface area contributed by atoms with E-state index in [0.717, 1.165) is 11.5 Å². The van der Waals surface area contributed by atoms with Crippen molar-refractivity contribution in [2.24, 2.45) is 0 Å². The highest BCUT2D eigenvalue weighted by Crippen LogP contribution is 2.22. The molecular weight excluding hydrogens is 294 g/mol. The maximum absolute atomic E-state index is 11.8. The minimum atomic E-state index is -0.151. The number of phenolic OH excluding ortho intramolecular Hbond substituents is 1. The summed E-state index contributed by atoms with van der Waals surface area (Å²) >= 11 is 0. The van der Waals surface area contributed by atoms with E-state index in [1.807, 2.05) is 31.2 Å². The summed E-state index contributed by atoms with van der Waals surface area (Å²) in [7, 11) is 0. The van der Waals surface area contributed by atoms with Crippen LogP contribution >= 0.6 is 0 Å². The molecule has 2 rings (SSSR count).